The molecule has 6 nitrogen and oxygen atoms in total. The van der Waals surface area contributed by atoms with Crippen molar-refractivity contribution >= 4 is 16.9 Å². The van der Waals surface area contributed by atoms with Gasteiger partial charge in [0.2, 0.25) is 0 Å². The summed E-state index contributed by atoms with van der Waals surface area (Å²) in [6.07, 6.45) is 9.34. The van der Waals surface area contributed by atoms with Gasteiger partial charge in [-0.3, -0.25) is 0 Å². The lowest BCUT2D eigenvalue weighted by Crippen LogP contribution is -2.61. The molecule has 2 aliphatic rings. The molecule has 29 heavy (non-hydrogen) atoms. The molecule has 1 aliphatic carbocycles. The maximum Gasteiger partial charge on any atom is 0.318 e. The molecule has 2 aromatic heterocycles. The summed E-state index contributed by atoms with van der Waals surface area (Å²) in [4.78, 5) is 22.8. The van der Waals surface area contributed by atoms with E-state index in [1.807, 2.05) is 17.3 Å². The molecule has 6 heteroatoms. The van der Waals surface area contributed by atoms with Crippen LogP contribution in [0.5, 0.6) is 0 Å². The third-order valence-corrected chi connectivity index (χ3v) is 6.39. The Labute approximate surface area is 171 Å². The standard InChI is InChI=1S/C23H29N5O/c1-23(2)15-28(20(23)21-25-12-13-27(21)14-16-6-7-16)22(29)26-10-8-17-4-3-5-19-18(17)9-11-24-19/h3-5,9,11-13,16,20,24H,6-8,10,14-15H2,1-2H3,(H,26,29). The molecule has 3 aromatic rings. The van der Waals surface area contributed by atoms with Crippen molar-refractivity contribution in [3.63, 3.8) is 0 Å². The van der Waals surface area contributed by atoms with Crippen molar-refractivity contribution in [2.45, 2.75) is 45.7 Å². The molecular weight excluding hydrogens is 362 g/mol. The Kier molecular flexibility index (Phi) is 4.37. The second-order valence-corrected chi connectivity index (χ2v) is 9.24. The zero-order valence-corrected chi connectivity index (χ0v) is 17.2. The summed E-state index contributed by atoms with van der Waals surface area (Å²) >= 11 is 0. The van der Waals surface area contributed by atoms with Gasteiger partial charge < -0.3 is 19.8 Å². The molecule has 2 N–H and O–H groups in total. The van der Waals surface area contributed by atoms with Gasteiger partial charge in [-0.15, -0.1) is 0 Å². The molecule has 1 aromatic carbocycles. The first-order valence-corrected chi connectivity index (χ1v) is 10.6. The molecule has 0 radical (unpaired) electrons. The van der Waals surface area contributed by atoms with Crippen LogP contribution < -0.4 is 5.32 Å². The first-order valence-electron chi connectivity index (χ1n) is 10.6. The highest BCUT2D eigenvalue weighted by atomic mass is 16.2. The van der Waals surface area contributed by atoms with Crippen molar-refractivity contribution in [2.24, 2.45) is 11.3 Å². The summed E-state index contributed by atoms with van der Waals surface area (Å²) in [6, 6.07) is 8.41. The van der Waals surface area contributed by atoms with E-state index in [9.17, 15) is 4.79 Å². The lowest BCUT2D eigenvalue weighted by atomic mass is 9.74. The number of urea groups is 1. The van der Waals surface area contributed by atoms with Crippen LogP contribution in [0.4, 0.5) is 4.79 Å². The predicted octanol–water partition coefficient (Wildman–Crippen LogP) is 4.11. The minimum absolute atomic E-state index is 0.0107. The molecule has 152 valence electrons. The maximum atomic E-state index is 12.9. The largest absolute Gasteiger partial charge is 0.361 e. The Morgan fingerprint density at radius 3 is 2.97 bits per heavy atom. The summed E-state index contributed by atoms with van der Waals surface area (Å²) in [6.45, 7) is 6.86. The normalized spacial score (nSPS) is 20.6. The highest BCUT2D eigenvalue weighted by Gasteiger charge is 2.51. The quantitative estimate of drug-likeness (QED) is 0.664. The van der Waals surface area contributed by atoms with Crippen LogP contribution in [0, 0.1) is 11.3 Å². The molecule has 1 aliphatic heterocycles. The van der Waals surface area contributed by atoms with Crippen LogP contribution in [0.2, 0.25) is 0 Å². The fourth-order valence-electron chi connectivity index (χ4n) is 4.68. The number of aromatic nitrogens is 3. The number of carbonyl (C=O) groups excluding carboxylic acids is 1. The number of rotatable bonds is 6. The molecule has 5 rings (SSSR count). The van der Waals surface area contributed by atoms with Crippen LogP contribution in [0.3, 0.4) is 0 Å². The van der Waals surface area contributed by atoms with E-state index in [2.05, 4.69) is 64.2 Å². The zero-order valence-electron chi connectivity index (χ0n) is 17.2. The highest BCUT2D eigenvalue weighted by Crippen LogP contribution is 2.48. The van der Waals surface area contributed by atoms with Gasteiger partial charge in [-0.25, -0.2) is 9.78 Å². The zero-order chi connectivity index (χ0) is 20.0. The monoisotopic (exact) mass is 391 g/mol. The van der Waals surface area contributed by atoms with E-state index >= 15 is 0 Å². The van der Waals surface area contributed by atoms with Crippen molar-refractivity contribution in [3.05, 3.63) is 54.2 Å². The number of fused-ring (bicyclic) bond motifs is 1. The number of hydrogen-bond donors (Lipinski definition) is 2. The predicted molar refractivity (Wildman–Crippen MR) is 114 cm³/mol. The number of carbonyl (C=O) groups is 1. The van der Waals surface area contributed by atoms with Crippen molar-refractivity contribution in [1.29, 1.82) is 0 Å². The molecular formula is C23H29N5O. The van der Waals surface area contributed by atoms with Crippen molar-refractivity contribution in [1.82, 2.24) is 24.8 Å². The Morgan fingerprint density at radius 1 is 1.31 bits per heavy atom. The molecule has 3 heterocycles. The van der Waals surface area contributed by atoms with Gasteiger partial charge in [0, 0.05) is 54.5 Å². The van der Waals surface area contributed by atoms with E-state index in [0.29, 0.717) is 6.54 Å². The molecule has 1 saturated carbocycles. The van der Waals surface area contributed by atoms with Crippen LogP contribution in [0.15, 0.2) is 42.9 Å². The van der Waals surface area contributed by atoms with Crippen LogP contribution in [-0.4, -0.2) is 38.6 Å². The summed E-state index contributed by atoms with van der Waals surface area (Å²) in [5.74, 6) is 1.81. The number of amides is 2. The summed E-state index contributed by atoms with van der Waals surface area (Å²) in [5, 5.41) is 4.36. The van der Waals surface area contributed by atoms with E-state index < -0.39 is 0 Å². The van der Waals surface area contributed by atoms with E-state index in [4.69, 9.17) is 0 Å². The van der Waals surface area contributed by atoms with E-state index in [0.717, 1.165) is 36.8 Å². The van der Waals surface area contributed by atoms with Crippen molar-refractivity contribution < 1.29 is 4.79 Å². The van der Waals surface area contributed by atoms with Gasteiger partial charge in [0.1, 0.15) is 5.82 Å². The highest BCUT2D eigenvalue weighted by molar-refractivity contribution is 5.83. The van der Waals surface area contributed by atoms with Gasteiger partial charge in [0.25, 0.3) is 0 Å². The number of likely N-dealkylation sites (tertiary alicyclic amines) is 1. The lowest BCUT2D eigenvalue weighted by molar-refractivity contribution is -0.0234. The van der Waals surface area contributed by atoms with Gasteiger partial charge >= 0.3 is 6.03 Å². The molecule has 0 spiro atoms. The van der Waals surface area contributed by atoms with Gasteiger partial charge in [0.05, 0.1) is 6.04 Å². The number of nitrogens with zero attached hydrogens (tertiary/aromatic N) is 3. The average Bonchev–Trinajstić information content (AvgIpc) is 3.18. The fraction of sp³-hybridized carbons (Fsp3) is 0.478. The van der Waals surface area contributed by atoms with E-state index in [1.165, 1.54) is 23.8 Å². The van der Waals surface area contributed by atoms with Crippen LogP contribution in [0.1, 0.15) is 44.1 Å². The van der Waals surface area contributed by atoms with Crippen LogP contribution in [0.25, 0.3) is 10.9 Å². The topological polar surface area (TPSA) is 66.0 Å². The average molecular weight is 392 g/mol. The second-order valence-electron chi connectivity index (χ2n) is 9.24. The first kappa shape index (κ1) is 18.3. The van der Waals surface area contributed by atoms with Crippen LogP contribution in [-0.2, 0) is 13.0 Å². The van der Waals surface area contributed by atoms with E-state index in [1.54, 1.807) is 0 Å². The number of nitrogens with one attached hydrogen (secondary N) is 2. The SMILES string of the molecule is CC1(C)CN(C(=O)NCCc2cccc3[nH]ccc23)C1c1nccn1CC1CC1. The van der Waals surface area contributed by atoms with Crippen molar-refractivity contribution in [2.75, 3.05) is 13.1 Å². The summed E-state index contributed by atoms with van der Waals surface area (Å²) < 4.78 is 2.26. The minimum Gasteiger partial charge on any atom is -0.361 e. The Morgan fingerprint density at radius 2 is 2.17 bits per heavy atom. The molecule has 1 atom stereocenters. The Bertz CT molecular complexity index is 1030. The van der Waals surface area contributed by atoms with Gasteiger partial charge in [-0.2, -0.15) is 0 Å². The van der Waals surface area contributed by atoms with Crippen molar-refractivity contribution in [3.8, 4) is 0 Å². The molecule has 1 unspecified atom stereocenters. The maximum absolute atomic E-state index is 12.9. The second kappa shape index (κ2) is 6.94. The van der Waals surface area contributed by atoms with E-state index in [-0.39, 0.29) is 17.5 Å². The number of imidazole rings is 1. The summed E-state index contributed by atoms with van der Waals surface area (Å²) in [5.41, 5.74) is 2.44. The number of H-pyrrole nitrogens is 1. The molecule has 2 amide bonds. The van der Waals surface area contributed by atoms with Gasteiger partial charge in [-0.05, 0) is 42.9 Å². The third-order valence-electron chi connectivity index (χ3n) is 6.39. The first-order chi connectivity index (χ1) is 14.0. The smallest absolute Gasteiger partial charge is 0.318 e. The fourth-order valence-corrected chi connectivity index (χ4v) is 4.68. The number of aromatic amines is 1. The lowest BCUT2D eigenvalue weighted by Gasteiger charge is -2.53. The summed E-state index contributed by atoms with van der Waals surface area (Å²) in [7, 11) is 0. The molecule has 1 saturated heterocycles. The molecule has 0 bridgehead atoms. The van der Waals surface area contributed by atoms with Gasteiger partial charge in [0.15, 0.2) is 0 Å². The Hall–Kier alpha value is -2.76. The third kappa shape index (κ3) is 3.41. The Balaban J connectivity index is 1.25. The molecule has 2 fully saturated rings. The number of benzene rings is 1. The van der Waals surface area contributed by atoms with Crippen LogP contribution >= 0.6 is 0 Å². The minimum atomic E-state index is 0.0107. The van der Waals surface area contributed by atoms with Gasteiger partial charge in [-0.1, -0.05) is 26.0 Å². The number of hydrogen-bond acceptors (Lipinski definition) is 2.